The first-order chi connectivity index (χ1) is 8.38. The summed E-state index contributed by atoms with van der Waals surface area (Å²) in [5, 5.41) is 0. The van der Waals surface area contributed by atoms with Crippen LogP contribution >= 0.6 is 0 Å². The van der Waals surface area contributed by atoms with Gasteiger partial charge in [0.25, 0.3) is 0 Å². The zero-order chi connectivity index (χ0) is 11.7. The van der Waals surface area contributed by atoms with E-state index in [-0.39, 0.29) is 0 Å². The molecule has 0 bridgehead atoms. The van der Waals surface area contributed by atoms with E-state index < -0.39 is 0 Å². The second-order valence-corrected chi connectivity index (χ2v) is 4.46. The minimum absolute atomic E-state index is 0.356. The van der Waals surface area contributed by atoms with Crippen molar-refractivity contribution in [3.8, 4) is 11.1 Å². The Labute approximate surface area is 102 Å². The standard InChI is InChI=1S/C16H16O/c1-2-12-10-14(13-6-4-3-5-7-13)8-9-15(12)16-11-17-16/h3-10,16H,2,11H2,1H3. The van der Waals surface area contributed by atoms with Crippen molar-refractivity contribution in [2.75, 3.05) is 6.61 Å². The highest BCUT2D eigenvalue weighted by atomic mass is 16.6. The third-order valence-electron chi connectivity index (χ3n) is 3.31. The first-order valence-electron chi connectivity index (χ1n) is 6.18. The summed E-state index contributed by atoms with van der Waals surface area (Å²) in [6, 6.07) is 17.2. The van der Waals surface area contributed by atoms with Crippen LogP contribution in [-0.4, -0.2) is 6.61 Å². The molecule has 0 saturated carbocycles. The lowest BCUT2D eigenvalue weighted by Gasteiger charge is -2.08. The van der Waals surface area contributed by atoms with Gasteiger partial charge in [-0.1, -0.05) is 55.5 Å². The molecule has 1 aliphatic heterocycles. The molecule has 0 amide bonds. The molecule has 1 unspecified atom stereocenters. The van der Waals surface area contributed by atoms with Crippen molar-refractivity contribution in [2.24, 2.45) is 0 Å². The van der Waals surface area contributed by atoms with Crippen molar-refractivity contribution in [2.45, 2.75) is 19.4 Å². The molecular formula is C16H16O. The SMILES string of the molecule is CCc1cc(-c2ccccc2)ccc1C1CO1. The van der Waals surface area contributed by atoms with Crippen LogP contribution in [0.2, 0.25) is 0 Å². The van der Waals surface area contributed by atoms with Gasteiger partial charge in [0.05, 0.1) is 6.61 Å². The molecule has 0 aromatic heterocycles. The van der Waals surface area contributed by atoms with Crippen LogP contribution in [0.1, 0.15) is 24.2 Å². The van der Waals surface area contributed by atoms with E-state index in [1.54, 1.807) is 0 Å². The number of benzene rings is 2. The van der Waals surface area contributed by atoms with Crippen LogP contribution in [0.4, 0.5) is 0 Å². The van der Waals surface area contributed by atoms with Crippen molar-refractivity contribution >= 4 is 0 Å². The van der Waals surface area contributed by atoms with E-state index in [4.69, 9.17) is 4.74 Å². The molecule has 0 radical (unpaired) electrons. The van der Waals surface area contributed by atoms with Gasteiger partial charge >= 0.3 is 0 Å². The smallest absolute Gasteiger partial charge is 0.106 e. The minimum atomic E-state index is 0.356. The van der Waals surface area contributed by atoms with Gasteiger partial charge in [-0.05, 0) is 28.7 Å². The second-order valence-electron chi connectivity index (χ2n) is 4.46. The Hall–Kier alpha value is -1.60. The minimum Gasteiger partial charge on any atom is -0.368 e. The van der Waals surface area contributed by atoms with E-state index in [0.717, 1.165) is 13.0 Å². The quantitative estimate of drug-likeness (QED) is 0.718. The second kappa shape index (κ2) is 4.34. The van der Waals surface area contributed by atoms with Crippen molar-refractivity contribution in [1.29, 1.82) is 0 Å². The maximum absolute atomic E-state index is 5.38. The predicted octanol–water partition coefficient (Wildman–Crippen LogP) is 3.99. The number of hydrogen-bond donors (Lipinski definition) is 0. The lowest BCUT2D eigenvalue weighted by molar-refractivity contribution is 0.414. The molecule has 17 heavy (non-hydrogen) atoms. The van der Waals surface area contributed by atoms with Gasteiger partial charge < -0.3 is 4.74 Å². The highest BCUT2D eigenvalue weighted by Gasteiger charge is 2.26. The Kier molecular flexibility index (Phi) is 2.69. The summed E-state index contributed by atoms with van der Waals surface area (Å²) in [7, 11) is 0. The zero-order valence-corrected chi connectivity index (χ0v) is 10.0. The number of epoxide rings is 1. The number of rotatable bonds is 3. The van der Waals surface area contributed by atoms with Crippen LogP contribution in [0, 0.1) is 0 Å². The van der Waals surface area contributed by atoms with Crippen LogP contribution in [0.15, 0.2) is 48.5 Å². The van der Waals surface area contributed by atoms with Gasteiger partial charge in [-0.2, -0.15) is 0 Å². The monoisotopic (exact) mass is 224 g/mol. The molecule has 3 rings (SSSR count). The maximum atomic E-state index is 5.38. The molecule has 1 fully saturated rings. The molecule has 2 aromatic rings. The van der Waals surface area contributed by atoms with Gasteiger partial charge in [0.15, 0.2) is 0 Å². The zero-order valence-electron chi connectivity index (χ0n) is 10.0. The molecular weight excluding hydrogens is 208 g/mol. The third kappa shape index (κ3) is 2.11. The van der Waals surface area contributed by atoms with Gasteiger partial charge in [-0.25, -0.2) is 0 Å². The molecule has 1 heteroatoms. The van der Waals surface area contributed by atoms with Gasteiger partial charge in [-0.3, -0.25) is 0 Å². The first-order valence-corrected chi connectivity index (χ1v) is 6.18. The lowest BCUT2D eigenvalue weighted by atomic mass is 9.96. The van der Waals surface area contributed by atoms with E-state index in [1.807, 2.05) is 0 Å². The Morgan fingerprint density at radius 1 is 1.06 bits per heavy atom. The highest BCUT2D eigenvalue weighted by molar-refractivity contribution is 5.65. The van der Waals surface area contributed by atoms with Crippen LogP contribution in [0.25, 0.3) is 11.1 Å². The Balaban J connectivity index is 2.02. The predicted molar refractivity (Wildman–Crippen MR) is 69.9 cm³/mol. The molecule has 2 aromatic carbocycles. The summed E-state index contributed by atoms with van der Waals surface area (Å²) in [5.74, 6) is 0. The van der Waals surface area contributed by atoms with E-state index in [0.29, 0.717) is 6.10 Å². The average Bonchev–Trinajstić information content (AvgIpc) is 3.23. The fourth-order valence-corrected chi connectivity index (χ4v) is 2.26. The molecule has 0 spiro atoms. The van der Waals surface area contributed by atoms with E-state index >= 15 is 0 Å². The molecule has 1 atom stereocenters. The molecule has 0 aliphatic carbocycles. The fourth-order valence-electron chi connectivity index (χ4n) is 2.26. The van der Waals surface area contributed by atoms with Gasteiger partial charge in [0, 0.05) is 0 Å². The fraction of sp³-hybridized carbons (Fsp3) is 0.250. The average molecular weight is 224 g/mol. The molecule has 1 nitrogen and oxygen atoms in total. The lowest BCUT2D eigenvalue weighted by Crippen LogP contribution is -1.92. The topological polar surface area (TPSA) is 12.5 Å². The summed E-state index contributed by atoms with van der Waals surface area (Å²) in [5.41, 5.74) is 5.36. The summed E-state index contributed by atoms with van der Waals surface area (Å²) in [6.45, 7) is 3.09. The number of ether oxygens (including phenoxy) is 1. The Morgan fingerprint density at radius 3 is 2.47 bits per heavy atom. The maximum Gasteiger partial charge on any atom is 0.106 e. The summed E-state index contributed by atoms with van der Waals surface area (Å²) in [4.78, 5) is 0. The van der Waals surface area contributed by atoms with Crippen molar-refractivity contribution < 1.29 is 4.74 Å². The van der Waals surface area contributed by atoms with Crippen LogP contribution in [-0.2, 0) is 11.2 Å². The van der Waals surface area contributed by atoms with Crippen LogP contribution in [0.5, 0.6) is 0 Å². The van der Waals surface area contributed by atoms with Gasteiger partial charge in [0.2, 0.25) is 0 Å². The van der Waals surface area contributed by atoms with Crippen molar-refractivity contribution in [3.05, 3.63) is 59.7 Å². The van der Waals surface area contributed by atoms with Crippen molar-refractivity contribution in [3.63, 3.8) is 0 Å². The highest BCUT2D eigenvalue weighted by Crippen LogP contribution is 2.34. The van der Waals surface area contributed by atoms with Gasteiger partial charge in [-0.15, -0.1) is 0 Å². The number of hydrogen-bond acceptors (Lipinski definition) is 1. The largest absolute Gasteiger partial charge is 0.368 e. The molecule has 86 valence electrons. The van der Waals surface area contributed by atoms with Crippen molar-refractivity contribution in [1.82, 2.24) is 0 Å². The van der Waals surface area contributed by atoms with E-state index in [9.17, 15) is 0 Å². The molecule has 1 aliphatic rings. The van der Waals surface area contributed by atoms with Gasteiger partial charge in [0.1, 0.15) is 6.10 Å². The Morgan fingerprint density at radius 2 is 1.82 bits per heavy atom. The summed E-state index contributed by atoms with van der Waals surface area (Å²) in [6.07, 6.45) is 1.42. The number of aryl methyl sites for hydroxylation is 1. The third-order valence-corrected chi connectivity index (χ3v) is 3.31. The molecule has 1 saturated heterocycles. The van der Waals surface area contributed by atoms with E-state index in [1.165, 1.54) is 22.3 Å². The summed E-state index contributed by atoms with van der Waals surface area (Å²) >= 11 is 0. The summed E-state index contributed by atoms with van der Waals surface area (Å²) < 4.78 is 5.38. The van der Waals surface area contributed by atoms with E-state index in [2.05, 4.69) is 55.5 Å². The molecule has 0 N–H and O–H groups in total. The van der Waals surface area contributed by atoms with Crippen LogP contribution in [0.3, 0.4) is 0 Å². The Bertz CT molecular complexity index is 512. The van der Waals surface area contributed by atoms with Crippen LogP contribution < -0.4 is 0 Å². The first kappa shape index (κ1) is 10.5. The normalized spacial score (nSPS) is 18.1. The molecule has 1 heterocycles.